The maximum absolute atomic E-state index is 12.4. The summed E-state index contributed by atoms with van der Waals surface area (Å²) in [6.45, 7) is 2.74. The van der Waals surface area contributed by atoms with Crippen molar-refractivity contribution in [1.29, 1.82) is 0 Å². The Hall–Kier alpha value is -0.290. The molecule has 0 aliphatic carbocycles. The van der Waals surface area contributed by atoms with E-state index in [-0.39, 0.29) is 11.4 Å². The molecule has 0 N–H and O–H groups in total. The van der Waals surface area contributed by atoms with Gasteiger partial charge in [-0.15, -0.1) is 11.6 Å². The minimum Gasteiger partial charge on any atom is -0.207 e. The van der Waals surface area contributed by atoms with E-state index in [1.165, 1.54) is 0 Å². The number of halogens is 2. The second kappa shape index (κ2) is 7.32. The second-order valence-electron chi connectivity index (χ2n) is 5.50. The van der Waals surface area contributed by atoms with Gasteiger partial charge >= 0.3 is 0 Å². The molecule has 0 bridgehead atoms. The van der Waals surface area contributed by atoms with E-state index >= 15 is 0 Å². The highest BCUT2D eigenvalue weighted by Crippen LogP contribution is 2.32. The summed E-state index contributed by atoms with van der Waals surface area (Å²) in [7, 11) is -3.35. The van der Waals surface area contributed by atoms with Crippen LogP contribution in [0.15, 0.2) is 29.2 Å². The lowest BCUT2D eigenvalue weighted by Crippen LogP contribution is -2.14. The fourth-order valence-corrected chi connectivity index (χ4v) is 4.58. The monoisotopic (exact) mass is 349 g/mol. The third-order valence-corrected chi connectivity index (χ3v) is 6.36. The fraction of sp³-hybridized carbons (Fsp3) is 0.600. The summed E-state index contributed by atoms with van der Waals surface area (Å²) in [4.78, 5) is 0.315. The summed E-state index contributed by atoms with van der Waals surface area (Å²) in [6, 6.07) is 6.47. The molecule has 6 heteroatoms. The lowest BCUT2D eigenvalue weighted by atomic mass is 10.1. The summed E-state index contributed by atoms with van der Waals surface area (Å²) < 4.78 is 26.3. The molecule has 1 fully saturated rings. The third kappa shape index (κ3) is 4.59. The molecule has 1 saturated heterocycles. The molecule has 118 valence electrons. The van der Waals surface area contributed by atoms with Gasteiger partial charge in [0.15, 0.2) is 0 Å². The van der Waals surface area contributed by atoms with Crippen LogP contribution in [-0.4, -0.2) is 30.7 Å². The van der Waals surface area contributed by atoms with Crippen LogP contribution in [0.5, 0.6) is 0 Å². The summed E-state index contributed by atoms with van der Waals surface area (Å²) >= 11 is 12.0. The van der Waals surface area contributed by atoms with Gasteiger partial charge in [-0.05, 0) is 43.5 Å². The van der Waals surface area contributed by atoms with Gasteiger partial charge < -0.3 is 0 Å². The molecule has 1 aliphatic heterocycles. The lowest BCUT2D eigenvalue weighted by Gasteiger charge is -2.08. The molecule has 2 rings (SSSR count). The highest BCUT2D eigenvalue weighted by Gasteiger charge is 2.43. The maximum atomic E-state index is 12.4. The van der Waals surface area contributed by atoms with E-state index in [9.17, 15) is 8.42 Å². The number of sulfonamides is 1. The number of hydrogen-bond acceptors (Lipinski definition) is 2. The molecule has 1 aromatic rings. The van der Waals surface area contributed by atoms with Gasteiger partial charge in [-0.25, -0.2) is 8.42 Å². The first-order valence-corrected chi connectivity index (χ1v) is 9.62. The van der Waals surface area contributed by atoms with E-state index in [0.717, 1.165) is 32.1 Å². The van der Waals surface area contributed by atoms with Crippen LogP contribution in [0.4, 0.5) is 0 Å². The minimum atomic E-state index is -3.35. The van der Waals surface area contributed by atoms with Gasteiger partial charge in [0.05, 0.1) is 4.90 Å². The molecular formula is C15H21Cl2NO2S. The molecule has 0 saturated carbocycles. The van der Waals surface area contributed by atoms with Crippen LogP contribution in [0.1, 0.15) is 39.0 Å². The maximum Gasteiger partial charge on any atom is 0.243 e. The molecule has 0 amide bonds. The van der Waals surface area contributed by atoms with E-state index < -0.39 is 10.0 Å². The van der Waals surface area contributed by atoms with E-state index in [1.807, 2.05) is 0 Å². The van der Waals surface area contributed by atoms with Crippen molar-refractivity contribution >= 4 is 33.2 Å². The summed E-state index contributed by atoms with van der Waals surface area (Å²) in [5.74, 6) is 0. The smallest absolute Gasteiger partial charge is 0.207 e. The standard InChI is InChI=1S/C15H21Cl2NO2S/c1-2-4-12(16)5-3-6-14-11-18(14)21(19,20)15-9-7-13(17)8-10-15/h7-10,12,14H,2-6,11H2,1H3. The topological polar surface area (TPSA) is 37.1 Å². The molecule has 1 heterocycles. The average molecular weight is 350 g/mol. The number of hydrogen-bond donors (Lipinski definition) is 0. The van der Waals surface area contributed by atoms with Crippen molar-refractivity contribution in [1.82, 2.24) is 4.31 Å². The van der Waals surface area contributed by atoms with Crippen molar-refractivity contribution in [3.8, 4) is 0 Å². The molecule has 1 aliphatic rings. The van der Waals surface area contributed by atoms with Crippen molar-refractivity contribution in [3.05, 3.63) is 29.3 Å². The molecule has 0 aromatic heterocycles. The Morgan fingerprint density at radius 2 is 1.95 bits per heavy atom. The van der Waals surface area contributed by atoms with Crippen LogP contribution in [-0.2, 0) is 10.0 Å². The first-order valence-electron chi connectivity index (χ1n) is 7.36. The molecule has 3 atom stereocenters. The van der Waals surface area contributed by atoms with Crippen LogP contribution < -0.4 is 0 Å². The SMILES string of the molecule is CCCC(Cl)CCCC1CN1S(=O)(=O)c1ccc(Cl)cc1. The Balaban J connectivity index is 1.83. The van der Waals surface area contributed by atoms with Crippen LogP contribution in [0.2, 0.25) is 5.02 Å². The Morgan fingerprint density at radius 3 is 2.57 bits per heavy atom. The highest BCUT2D eigenvalue weighted by atomic mass is 35.5. The van der Waals surface area contributed by atoms with Crippen LogP contribution in [0.3, 0.4) is 0 Å². The molecule has 3 nitrogen and oxygen atoms in total. The zero-order chi connectivity index (χ0) is 15.5. The molecule has 0 radical (unpaired) electrons. The Kier molecular flexibility index (Phi) is 5.95. The second-order valence-corrected chi connectivity index (χ2v) is 8.44. The molecule has 21 heavy (non-hydrogen) atoms. The highest BCUT2D eigenvalue weighted by molar-refractivity contribution is 7.89. The van der Waals surface area contributed by atoms with Gasteiger partial charge in [-0.2, -0.15) is 4.31 Å². The summed E-state index contributed by atoms with van der Waals surface area (Å²) in [5.41, 5.74) is 0. The summed E-state index contributed by atoms with van der Waals surface area (Å²) in [5, 5.41) is 0.760. The lowest BCUT2D eigenvalue weighted by molar-refractivity contribution is 0.536. The van der Waals surface area contributed by atoms with Crippen LogP contribution in [0, 0.1) is 0 Å². The first-order chi connectivity index (χ1) is 9.95. The number of rotatable bonds is 8. The van der Waals surface area contributed by atoms with Crippen molar-refractivity contribution in [2.24, 2.45) is 0 Å². The third-order valence-electron chi connectivity index (χ3n) is 3.74. The molecule has 0 spiro atoms. The molecule has 3 unspecified atom stereocenters. The van der Waals surface area contributed by atoms with Crippen molar-refractivity contribution in [2.75, 3.05) is 6.54 Å². The van der Waals surface area contributed by atoms with Crippen LogP contribution >= 0.6 is 23.2 Å². The van der Waals surface area contributed by atoms with Gasteiger partial charge in [-0.1, -0.05) is 31.4 Å². The summed E-state index contributed by atoms with van der Waals surface area (Å²) in [6.07, 6.45) is 4.94. The Labute approximate surface area is 137 Å². The van der Waals surface area contributed by atoms with Crippen molar-refractivity contribution in [2.45, 2.75) is 55.3 Å². The largest absolute Gasteiger partial charge is 0.243 e. The quantitative estimate of drug-likeness (QED) is 0.518. The van der Waals surface area contributed by atoms with Gasteiger partial charge in [-0.3, -0.25) is 0 Å². The number of nitrogens with zero attached hydrogens (tertiary/aromatic N) is 1. The Bertz CT molecular complexity index is 560. The van der Waals surface area contributed by atoms with E-state index in [1.54, 1.807) is 28.6 Å². The van der Waals surface area contributed by atoms with Gasteiger partial charge in [0, 0.05) is 23.0 Å². The van der Waals surface area contributed by atoms with E-state index in [2.05, 4.69) is 6.92 Å². The normalized spacial score (nSPS) is 23.0. The molecule has 1 aromatic carbocycles. The van der Waals surface area contributed by atoms with Crippen molar-refractivity contribution < 1.29 is 8.42 Å². The van der Waals surface area contributed by atoms with Gasteiger partial charge in [0.1, 0.15) is 0 Å². The number of benzene rings is 1. The van der Waals surface area contributed by atoms with Gasteiger partial charge in [0.25, 0.3) is 0 Å². The predicted molar refractivity (Wildman–Crippen MR) is 87.5 cm³/mol. The Morgan fingerprint density at radius 1 is 1.29 bits per heavy atom. The zero-order valence-corrected chi connectivity index (χ0v) is 14.5. The minimum absolute atomic E-state index is 0.135. The first kappa shape index (κ1) is 17.1. The van der Waals surface area contributed by atoms with Crippen molar-refractivity contribution in [3.63, 3.8) is 0 Å². The van der Waals surface area contributed by atoms with Crippen LogP contribution in [0.25, 0.3) is 0 Å². The predicted octanol–water partition coefficient (Wildman–Crippen LogP) is 4.29. The number of alkyl halides is 1. The molecular weight excluding hydrogens is 329 g/mol. The fourth-order valence-electron chi connectivity index (χ4n) is 2.46. The van der Waals surface area contributed by atoms with E-state index in [4.69, 9.17) is 23.2 Å². The average Bonchev–Trinajstić information content (AvgIpc) is 3.20. The van der Waals surface area contributed by atoms with Gasteiger partial charge in [0.2, 0.25) is 10.0 Å². The van der Waals surface area contributed by atoms with E-state index in [0.29, 0.717) is 16.5 Å². The zero-order valence-electron chi connectivity index (χ0n) is 12.1.